The lowest BCUT2D eigenvalue weighted by Crippen LogP contribution is -2.42. The topological polar surface area (TPSA) is 66.6 Å². The minimum Gasteiger partial charge on any atom is -0.369 e. The number of primary amides is 1. The molecule has 1 aliphatic heterocycles. The number of hydrogen-bond acceptors (Lipinski definition) is 4. The van der Waals surface area contributed by atoms with Gasteiger partial charge < -0.3 is 10.6 Å². The largest absolute Gasteiger partial charge is 0.369 e. The first kappa shape index (κ1) is 16.9. The fraction of sp³-hybridized carbons (Fsp3) is 0.444. The lowest BCUT2D eigenvalue weighted by atomic mass is 10.1. The average Bonchev–Trinajstić information content (AvgIpc) is 3.14. The van der Waals surface area contributed by atoms with Crippen molar-refractivity contribution in [2.75, 3.05) is 26.2 Å². The van der Waals surface area contributed by atoms with Crippen molar-refractivity contribution in [2.24, 2.45) is 5.73 Å². The molecule has 0 aliphatic carbocycles. The van der Waals surface area contributed by atoms with Crippen LogP contribution in [0.15, 0.2) is 23.6 Å². The molecule has 0 bridgehead atoms. The molecule has 2 N–H and O–H groups in total. The Morgan fingerprint density at radius 3 is 2.92 bits per heavy atom. The molecule has 1 unspecified atom stereocenters. The van der Waals surface area contributed by atoms with Gasteiger partial charge in [-0.05, 0) is 31.9 Å². The van der Waals surface area contributed by atoms with Crippen LogP contribution in [-0.4, -0.2) is 53.8 Å². The third-order valence-electron chi connectivity index (χ3n) is 4.63. The third-order valence-corrected chi connectivity index (χ3v) is 5.58. The molecule has 1 fully saturated rings. The van der Waals surface area contributed by atoms with Crippen LogP contribution in [0.3, 0.4) is 0 Å². The van der Waals surface area contributed by atoms with Gasteiger partial charge in [0.15, 0.2) is 0 Å². The monoisotopic (exact) mass is 345 g/mol. The Balaban J connectivity index is 1.80. The molecule has 1 aromatic carbocycles. The van der Waals surface area contributed by atoms with Gasteiger partial charge in [-0.2, -0.15) is 0 Å². The van der Waals surface area contributed by atoms with E-state index in [9.17, 15) is 9.59 Å². The van der Waals surface area contributed by atoms with E-state index < -0.39 is 0 Å². The predicted octanol–water partition coefficient (Wildman–Crippen LogP) is 2.23. The van der Waals surface area contributed by atoms with Crippen molar-refractivity contribution >= 4 is 33.2 Å². The van der Waals surface area contributed by atoms with E-state index in [0.717, 1.165) is 28.6 Å². The van der Waals surface area contributed by atoms with Gasteiger partial charge in [-0.3, -0.25) is 14.5 Å². The molecule has 6 heteroatoms. The standard InChI is InChI=1S/C18H23N3O2S/c1-3-21(13-6-7-20(9-13)10-17(19)22)18(23)15-11-24-16-8-12(2)4-5-14(15)16/h4-5,8,11,13H,3,6-7,9-10H2,1-2H3,(H2,19,22). The number of hydrogen-bond donors (Lipinski definition) is 1. The van der Waals surface area contributed by atoms with Crippen molar-refractivity contribution < 1.29 is 9.59 Å². The number of nitrogens with zero attached hydrogens (tertiary/aromatic N) is 2. The Morgan fingerprint density at radius 1 is 1.42 bits per heavy atom. The van der Waals surface area contributed by atoms with Crippen LogP contribution in [0, 0.1) is 6.92 Å². The first-order chi connectivity index (χ1) is 11.5. The number of rotatable bonds is 5. The van der Waals surface area contributed by atoms with Crippen molar-refractivity contribution in [1.29, 1.82) is 0 Å². The zero-order valence-electron chi connectivity index (χ0n) is 14.1. The van der Waals surface area contributed by atoms with Gasteiger partial charge in [0.25, 0.3) is 5.91 Å². The summed E-state index contributed by atoms with van der Waals surface area (Å²) in [6.07, 6.45) is 0.883. The summed E-state index contributed by atoms with van der Waals surface area (Å²) in [5, 5.41) is 2.99. The first-order valence-electron chi connectivity index (χ1n) is 8.29. The third kappa shape index (κ3) is 3.30. The Hall–Kier alpha value is -1.92. The molecular weight excluding hydrogens is 322 g/mol. The van der Waals surface area contributed by atoms with E-state index in [1.54, 1.807) is 11.3 Å². The Morgan fingerprint density at radius 2 is 2.21 bits per heavy atom. The molecule has 1 atom stereocenters. The van der Waals surface area contributed by atoms with Crippen LogP contribution in [-0.2, 0) is 4.79 Å². The first-order valence-corrected chi connectivity index (χ1v) is 9.17. The molecule has 0 spiro atoms. The molecule has 5 nitrogen and oxygen atoms in total. The van der Waals surface area contributed by atoms with Gasteiger partial charge in [0.2, 0.25) is 5.91 Å². The summed E-state index contributed by atoms with van der Waals surface area (Å²) in [4.78, 5) is 28.1. The summed E-state index contributed by atoms with van der Waals surface area (Å²) in [5.41, 5.74) is 7.26. The van der Waals surface area contributed by atoms with E-state index >= 15 is 0 Å². The van der Waals surface area contributed by atoms with Crippen molar-refractivity contribution in [3.05, 3.63) is 34.7 Å². The number of aryl methyl sites for hydroxylation is 1. The number of likely N-dealkylation sites (N-methyl/N-ethyl adjacent to an activating group) is 1. The minimum absolute atomic E-state index is 0.0820. The molecule has 1 saturated heterocycles. The van der Waals surface area contributed by atoms with E-state index in [1.807, 2.05) is 34.2 Å². The summed E-state index contributed by atoms with van der Waals surface area (Å²) in [6, 6.07) is 6.35. The fourth-order valence-electron chi connectivity index (χ4n) is 3.45. The smallest absolute Gasteiger partial charge is 0.255 e. The highest BCUT2D eigenvalue weighted by atomic mass is 32.1. The Bertz CT molecular complexity index is 771. The van der Waals surface area contributed by atoms with Crippen LogP contribution in [0.5, 0.6) is 0 Å². The lowest BCUT2D eigenvalue weighted by Gasteiger charge is -2.28. The van der Waals surface area contributed by atoms with Crippen LogP contribution in [0.4, 0.5) is 0 Å². The molecule has 1 aromatic heterocycles. The normalized spacial score (nSPS) is 18.2. The number of carbonyl (C=O) groups is 2. The summed E-state index contributed by atoms with van der Waals surface area (Å²) < 4.78 is 1.15. The van der Waals surface area contributed by atoms with Gasteiger partial charge >= 0.3 is 0 Å². The zero-order chi connectivity index (χ0) is 17.3. The van der Waals surface area contributed by atoms with Crippen LogP contribution in [0.2, 0.25) is 0 Å². The summed E-state index contributed by atoms with van der Waals surface area (Å²) >= 11 is 1.62. The highest BCUT2D eigenvalue weighted by molar-refractivity contribution is 7.17. The Labute approximate surface area is 146 Å². The zero-order valence-corrected chi connectivity index (χ0v) is 14.9. The van der Waals surface area contributed by atoms with E-state index in [4.69, 9.17) is 5.73 Å². The summed E-state index contributed by atoms with van der Waals surface area (Å²) in [7, 11) is 0. The van der Waals surface area contributed by atoms with Gasteiger partial charge in [0.1, 0.15) is 0 Å². The van der Waals surface area contributed by atoms with E-state index in [1.165, 1.54) is 5.56 Å². The lowest BCUT2D eigenvalue weighted by molar-refractivity contribution is -0.118. The fourth-order valence-corrected chi connectivity index (χ4v) is 4.49. The van der Waals surface area contributed by atoms with Gasteiger partial charge in [-0.25, -0.2) is 0 Å². The maximum atomic E-state index is 13.1. The van der Waals surface area contributed by atoms with Crippen molar-refractivity contribution in [3.63, 3.8) is 0 Å². The summed E-state index contributed by atoms with van der Waals surface area (Å²) in [6.45, 7) is 6.52. The molecular formula is C18H23N3O2S. The molecule has 24 heavy (non-hydrogen) atoms. The van der Waals surface area contributed by atoms with Gasteiger partial charge in [-0.15, -0.1) is 11.3 Å². The average molecular weight is 345 g/mol. The minimum atomic E-state index is -0.316. The number of carbonyl (C=O) groups excluding carboxylic acids is 2. The second-order valence-corrected chi connectivity index (χ2v) is 7.30. The number of fused-ring (bicyclic) bond motifs is 1. The number of amides is 2. The SMILES string of the molecule is CCN(C(=O)c1csc2cc(C)ccc12)C1CCN(CC(N)=O)C1. The van der Waals surface area contributed by atoms with E-state index in [-0.39, 0.29) is 24.4 Å². The highest BCUT2D eigenvalue weighted by Crippen LogP contribution is 2.29. The van der Waals surface area contributed by atoms with Crippen LogP contribution in [0.25, 0.3) is 10.1 Å². The molecule has 3 rings (SSSR count). The van der Waals surface area contributed by atoms with Gasteiger partial charge in [0.05, 0.1) is 12.1 Å². The van der Waals surface area contributed by atoms with Gasteiger partial charge in [0, 0.05) is 41.1 Å². The van der Waals surface area contributed by atoms with Gasteiger partial charge in [-0.1, -0.05) is 12.1 Å². The van der Waals surface area contributed by atoms with Crippen LogP contribution in [0.1, 0.15) is 29.3 Å². The van der Waals surface area contributed by atoms with E-state index in [0.29, 0.717) is 13.1 Å². The number of benzene rings is 1. The van der Waals surface area contributed by atoms with Crippen molar-refractivity contribution in [2.45, 2.75) is 26.3 Å². The molecule has 1 aliphatic rings. The van der Waals surface area contributed by atoms with Crippen LogP contribution < -0.4 is 5.73 Å². The van der Waals surface area contributed by atoms with Crippen LogP contribution >= 0.6 is 11.3 Å². The highest BCUT2D eigenvalue weighted by Gasteiger charge is 2.31. The van der Waals surface area contributed by atoms with E-state index in [2.05, 4.69) is 13.0 Å². The maximum Gasteiger partial charge on any atom is 0.255 e. The second kappa shape index (κ2) is 6.91. The predicted molar refractivity (Wildman–Crippen MR) is 97.3 cm³/mol. The number of likely N-dealkylation sites (tertiary alicyclic amines) is 1. The molecule has 2 aromatic rings. The molecule has 2 heterocycles. The number of thiophene rings is 1. The maximum absolute atomic E-state index is 13.1. The number of nitrogens with two attached hydrogens (primary N) is 1. The van der Waals surface area contributed by atoms with Crippen molar-refractivity contribution in [1.82, 2.24) is 9.80 Å². The quantitative estimate of drug-likeness (QED) is 0.904. The molecule has 0 radical (unpaired) electrons. The second-order valence-electron chi connectivity index (χ2n) is 6.38. The summed E-state index contributed by atoms with van der Waals surface area (Å²) in [5.74, 6) is -0.234. The molecule has 0 saturated carbocycles. The Kier molecular flexibility index (Phi) is 4.87. The molecule has 128 valence electrons. The van der Waals surface area contributed by atoms with Crippen molar-refractivity contribution in [3.8, 4) is 0 Å². The molecule has 2 amide bonds.